The van der Waals surface area contributed by atoms with Crippen LogP contribution in [0.25, 0.3) is 5.65 Å². The number of likely N-dealkylation sites (tertiary alicyclic amines) is 1. The van der Waals surface area contributed by atoms with Crippen LogP contribution in [0.2, 0.25) is 0 Å². The lowest BCUT2D eigenvalue weighted by Gasteiger charge is -2.35. The van der Waals surface area contributed by atoms with Crippen LogP contribution in [0.5, 0.6) is 0 Å². The fourth-order valence-corrected chi connectivity index (χ4v) is 5.09. The van der Waals surface area contributed by atoms with Crippen LogP contribution in [0.4, 0.5) is 8.78 Å². The summed E-state index contributed by atoms with van der Waals surface area (Å²) in [5.41, 5.74) is 0.763. The molecule has 34 heavy (non-hydrogen) atoms. The Balaban J connectivity index is 1.54. The van der Waals surface area contributed by atoms with Crippen molar-refractivity contribution in [3.63, 3.8) is 0 Å². The Hall–Kier alpha value is -2.07. The highest BCUT2D eigenvalue weighted by Crippen LogP contribution is 2.48. The molecule has 1 aliphatic carbocycles. The van der Waals surface area contributed by atoms with E-state index in [1.165, 1.54) is 0 Å². The molecule has 0 spiro atoms. The minimum atomic E-state index is -2.69. The quantitative estimate of drug-likeness (QED) is 0.631. The van der Waals surface area contributed by atoms with E-state index < -0.39 is 24.2 Å². The molecule has 4 heterocycles. The highest BCUT2D eigenvalue weighted by molar-refractivity contribution is 6.61. The largest absolute Gasteiger partial charge is 0.516 e. The third-order valence-corrected chi connectivity index (χ3v) is 8.01. The van der Waals surface area contributed by atoms with Gasteiger partial charge in [-0.1, -0.05) is 12.8 Å². The summed E-state index contributed by atoms with van der Waals surface area (Å²) in [5, 5.41) is 4.65. The zero-order chi connectivity index (χ0) is 24.5. The number of carbonyl (C=O) groups is 1. The molecule has 0 radical (unpaired) electrons. The molecule has 2 saturated heterocycles. The molecule has 2 aromatic heterocycles. The molecule has 5 rings (SSSR count). The van der Waals surface area contributed by atoms with Gasteiger partial charge in [-0.25, -0.2) is 18.3 Å². The zero-order valence-corrected chi connectivity index (χ0v) is 20.6. The number of amides is 1. The Labute approximate surface area is 199 Å². The van der Waals surface area contributed by atoms with Gasteiger partial charge in [0, 0.05) is 37.4 Å². The molecule has 1 amide bonds. The van der Waals surface area contributed by atoms with Gasteiger partial charge in [-0.2, -0.15) is 5.10 Å². The van der Waals surface area contributed by atoms with E-state index >= 15 is 0 Å². The summed E-state index contributed by atoms with van der Waals surface area (Å²) in [6, 6.07) is 3.52. The normalized spacial score (nSPS) is 26.5. The van der Waals surface area contributed by atoms with Crippen molar-refractivity contribution < 1.29 is 22.9 Å². The number of fused-ring (bicyclic) bond motifs is 1. The van der Waals surface area contributed by atoms with Crippen LogP contribution in [-0.4, -0.2) is 62.2 Å². The molecular formula is C24H33BF2N4O3. The van der Waals surface area contributed by atoms with Crippen molar-refractivity contribution in [2.45, 2.75) is 102 Å². The summed E-state index contributed by atoms with van der Waals surface area (Å²) in [6.45, 7) is 10.6. The van der Waals surface area contributed by atoms with Crippen LogP contribution in [0.15, 0.2) is 12.1 Å². The van der Waals surface area contributed by atoms with Crippen molar-refractivity contribution in [3.8, 4) is 0 Å². The van der Waals surface area contributed by atoms with E-state index in [4.69, 9.17) is 9.31 Å². The monoisotopic (exact) mass is 474 g/mol. The first kappa shape index (κ1) is 23.7. The molecule has 3 fully saturated rings. The second-order valence-corrected chi connectivity index (χ2v) is 11.2. The van der Waals surface area contributed by atoms with Gasteiger partial charge >= 0.3 is 7.12 Å². The molecule has 2 aromatic rings. The van der Waals surface area contributed by atoms with Gasteiger partial charge in [0.15, 0.2) is 5.65 Å². The number of carbonyl (C=O) groups excluding carboxylic acids is 1. The van der Waals surface area contributed by atoms with Gasteiger partial charge in [-0.3, -0.25) is 4.79 Å². The lowest BCUT2D eigenvalue weighted by Crippen LogP contribution is -2.41. The van der Waals surface area contributed by atoms with Gasteiger partial charge in [0.25, 0.3) is 5.91 Å². The van der Waals surface area contributed by atoms with Crippen LogP contribution < -0.4 is 5.59 Å². The number of aromatic nitrogens is 3. The van der Waals surface area contributed by atoms with Gasteiger partial charge < -0.3 is 14.2 Å². The fourth-order valence-electron chi connectivity index (χ4n) is 5.09. The third-order valence-electron chi connectivity index (χ3n) is 8.01. The predicted molar refractivity (Wildman–Crippen MR) is 125 cm³/mol. The van der Waals surface area contributed by atoms with E-state index in [1.807, 2.05) is 32.6 Å². The number of hydrogen-bond acceptors (Lipinski definition) is 5. The first-order chi connectivity index (χ1) is 15.9. The Morgan fingerprint density at radius 2 is 1.76 bits per heavy atom. The molecule has 1 saturated carbocycles. The van der Waals surface area contributed by atoms with Crippen LogP contribution in [0.3, 0.4) is 0 Å². The Bertz CT molecular complexity index is 1100. The van der Waals surface area contributed by atoms with Crippen molar-refractivity contribution in [2.24, 2.45) is 0 Å². The number of alkyl halides is 2. The second kappa shape index (κ2) is 7.98. The van der Waals surface area contributed by atoms with E-state index in [1.54, 1.807) is 16.6 Å². The average molecular weight is 474 g/mol. The summed E-state index contributed by atoms with van der Waals surface area (Å²) in [6.07, 6.45) is 3.59. The van der Waals surface area contributed by atoms with Crippen LogP contribution in [-0.2, 0) is 9.31 Å². The SMILES string of the molecule is CC1CCCCCN1C(=O)c1cc(C2CC(F)(F)C2)n2nc(B3OC(C)(C)C(C)(C)O3)cc2n1. The molecule has 184 valence electrons. The van der Waals surface area contributed by atoms with Gasteiger partial charge in [-0.05, 0) is 53.5 Å². The zero-order valence-electron chi connectivity index (χ0n) is 20.6. The van der Waals surface area contributed by atoms with Gasteiger partial charge in [-0.15, -0.1) is 0 Å². The molecule has 3 aliphatic rings. The second-order valence-electron chi connectivity index (χ2n) is 11.2. The fraction of sp³-hybridized carbons (Fsp3) is 0.708. The molecule has 0 bridgehead atoms. The van der Waals surface area contributed by atoms with Gasteiger partial charge in [0.05, 0.1) is 22.5 Å². The lowest BCUT2D eigenvalue weighted by molar-refractivity contribution is -0.0879. The summed E-state index contributed by atoms with van der Waals surface area (Å²) in [7, 11) is -0.702. The van der Waals surface area contributed by atoms with Crippen molar-refractivity contribution >= 4 is 24.3 Å². The molecule has 10 heteroatoms. The lowest BCUT2D eigenvalue weighted by atomic mass is 9.79. The van der Waals surface area contributed by atoms with E-state index in [9.17, 15) is 13.6 Å². The summed E-state index contributed by atoms with van der Waals surface area (Å²) in [5.74, 6) is -3.23. The van der Waals surface area contributed by atoms with Crippen LogP contribution >= 0.6 is 0 Å². The molecule has 0 aromatic carbocycles. The molecule has 1 atom stereocenters. The van der Waals surface area contributed by atoms with Crippen molar-refractivity contribution in [2.75, 3.05) is 6.54 Å². The molecular weight excluding hydrogens is 441 g/mol. The highest BCUT2D eigenvalue weighted by Gasteiger charge is 2.53. The average Bonchev–Trinajstić information content (AvgIpc) is 3.16. The molecule has 0 N–H and O–H groups in total. The van der Waals surface area contributed by atoms with Crippen LogP contribution in [0.1, 0.15) is 95.2 Å². The summed E-state index contributed by atoms with van der Waals surface area (Å²) < 4.78 is 41.4. The topological polar surface area (TPSA) is 69.0 Å². The van der Waals surface area contributed by atoms with E-state index in [2.05, 4.69) is 17.0 Å². The molecule has 2 aliphatic heterocycles. The highest BCUT2D eigenvalue weighted by atomic mass is 19.3. The Morgan fingerprint density at radius 3 is 2.41 bits per heavy atom. The third kappa shape index (κ3) is 4.02. The Morgan fingerprint density at radius 1 is 1.09 bits per heavy atom. The number of halogens is 2. The minimum Gasteiger partial charge on any atom is -0.398 e. The van der Waals surface area contributed by atoms with E-state index in [0.29, 0.717) is 23.5 Å². The number of rotatable bonds is 3. The molecule has 7 nitrogen and oxygen atoms in total. The number of hydrogen-bond donors (Lipinski definition) is 0. The van der Waals surface area contributed by atoms with Crippen molar-refractivity contribution in [3.05, 3.63) is 23.5 Å². The Kier molecular flexibility index (Phi) is 5.56. The van der Waals surface area contributed by atoms with Crippen molar-refractivity contribution in [1.29, 1.82) is 0 Å². The first-order valence-electron chi connectivity index (χ1n) is 12.3. The van der Waals surface area contributed by atoms with E-state index in [-0.39, 0.29) is 36.4 Å². The van der Waals surface area contributed by atoms with Crippen LogP contribution in [0, 0.1) is 0 Å². The standard InChI is InChI=1S/C24H33BF2N4O3/c1-15-9-7-6-8-10-30(15)21(32)17-11-18(16-13-24(26,27)14-16)31-20(28-17)12-19(29-31)25-33-22(2,3)23(4,5)34-25/h11-12,15-16H,6-10,13-14H2,1-5H3. The maximum atomic E-state index is 13.8. The van der Waals surface area contributed by atoms with E-state index in [0.717, 1.165) is 25.7 Å². The maximum absolute atomic E-state index is 13.8. The smallest absolute Gasteiger partial charge is 0.398 e. The predicted octanol–water partition coefficient (Wildman–Crippen LogP) is 3.95. The minimum absolute atomic E-state index is 0.120. The number of nitrogens with zero attached hydrogens (tertiary/aromatic N) is 4. The maximum Gasteiger partial charge on any atom is 0.516 e. The molecule has 1 unspecified atom stereocenters. The first-order valence-corrected chi connectivity index (χ1v) is 12.3. The van der Waals surface area contributed by atoms with Gasteiger partial charge in [0.2, 0.25) is 5.92 Å². The summed E-state index contributed by atoms with van der Waals surface area (Å²) >= 11 is 0. The van der Waals surface area contributed by atoms with Crippen molar-refractivity contribution in [1.82, 2.24) is 19.5 Å². The summed E-state index contributed by atoms with van der Waals surface area (Å²) in [4.78, 5) is 20.0. The van der Waals surface area contributed by atoms with Gasteiger partial charge in [0.1, 0.15) is 5.69 Å².